The first-order valence-electron chi connectivity index (χ1n) is 18.4. The van der Waals surface area contributed by atoms with Crippen LogP contribution in [0.25, 0.3) is 12.2 Å². The summed E-state index contributed by atoms with van der Waals surface area (Å²) in [7, 11) is 0. The van der Waals surface area contributed by atoms with Gasteiger partial charge in [0.2, 0.25) is 35.7 Å². The van der Waals surface area contributed by atoms with Gasteiger partial charge < -0.3 is 51.5 Å². The molecule has 6 rings (SSSR count). The Labute approximate surface area is 359 Å². The van der Waals surface area contributed by atoms with Crippen molar-refractivity contribution < 1.29 is 50.0 Å². The van der Waals surface area contributed by atoms with Gasteiger partial charge in [0.25, 0.3) is 0 Å². The molecule has 0 saturated heterocycles. The Kier molecular flexibility index (Phi) is 16.7. The molecule has 6 aromatic rings. The van der Waals surface area contributed by atoms with Crippen LogP contribution < -0.4 is 60.6 Å². The van der Waals surface area contributed by atoms with Gasteiger partial charge in [-0.15, -0.1) is 30.3 Å². The van der Waals surface area contributed by atoms with Gasteiger partial charge in [0.05, 0.1) is 26.4 Å². The number of benzene rings is 4. The monoisotopic (exact) mass is 792 g/mol. The molecule has 294 valence electrons. The first kappa shape index (κ1) is 43.4. The third kappa shape index (κ3) is 12.6. The van der Waals surface area contributed by atoms with Crippen LogP contribution in [0.4, 0.5) is 58.4 Å². The summed E-state index contributed by atoms with van der Waals surface area (Å²) in [4.78, 5) is 30.7. The van der Waals surface area contributed by atoms with Crippen LogP contribution in [0.3, 0.4) is 0 Å². The van der Waals surface area contributed by atoms with E-state index in [0.29, 0.717) is 35.4 Å². The third-order valence-electron chi connectivity index (χ3n) is 8.41. The molecule has 17 heteroatoms. The summed E-state index contributed by atoms with van der Waals surface area (Å²) in [5, 5.41) is 51.3. The number of aliphatic hydroxyl groups is 4. The van der Waals surface area contributed by atoms with E-state index in [-0.39, 0.29) is 88.1 Å². The molecule has 0 atom stereocenters. The zero-order chi connectivity index (χ0) is 39.8. The van der Waals surface area contributed by atoms with E-state index < -0.39 is 0 Å². The van der Waals surface area contributed by atoms with Gasteiger partial charge in [-0.05, 0) is 60.1 Å². The van der Waals surface area contributed by atoms with Crippen LogP contribution in [0.5, 0.6) is 0 Å². The van der Waals surface area contributed by atoms with Crippen LogP contribution in [-0.2, 0) is 0 Å². The maximum absolute atomic E-state index is 9.61. The number of anilines is 10. The molecule has 0 radical (unpaired) electrons. The largest absolute Gasteiger partial charge is 1.00 e. The summed E-state index contributed by atoms with van der Waals surface area (Å²) < 4.78 is 0. The van der Waals surface area contributed by atoms with Crippen molar-refractivity contribution in [2.24, 2.45) is 0 Å². The topological polar surface area (TPSA) is 213 Å². The fourth-order valence-corrected chi connectivity index (χ4v) is 5.64. The summed E-state index contributed by atoms with van der Waals surface area (Å²) in [6.45, 7) is 2.48. The normalized spacial score (nSPS) is 10.8. The molecule has 0 unspecified atom stereocenters. The molecule has 0 fully saturated rings. The van der Waals surface area contributed by atoms with Gasteiger partial charge in [-0.3, -0.25) is 0 Å². The Balaban J connectivity index is 0.00000641. The van der Waals surface area contributed by atoms with Gasteiger partial charge in [0, 0.05) is 43.2 Å². The first-order chi connectivity index (χ1) is 27.9. The van der Waals surface area contributed by atoms with Crippen LogP contribution in [-0.4, -0.2) is 103 Å². The summed E-state index contributed by atoms with van der Waals surface area (Å²) in [5.74, 6) is 1.82. The second kappa shape index (κ2) is 22.3. The number of aliphatic hydroxyl groups excluding tert-OH is 4. The van der Waals surface area contributed by atoms with E-state index in [0.717, 1.165) is 33.8 Å². The fraction of sp³-hybridized carbons (Fsp3) is 0.220. The van der Waals surface area contributed by atoms with Gasteiger partial charge in [-0.1, -0.05) is 48.5 Å². The number of rotatable bonds is 20. The molecule has 58 heavy (non-hydrogen) atoms. The van der Waals surface area contributed by atoms with Gasteiger partial charge in [-0.2, -0.15) is 35.5 Å². The molecule has 0 aliphatic carbocycles. The minimum Gasteiger partial charge on any atom is -0.395 e. The molecule has 0 saturated carbocycles. The van der Waals surface area contributed by atoms with E-state index in [2.05, 4.69) is 57.2 Å². The quantitative estimate of drug-likeness (QED) is 0.0315. The minimum absolute atomic E-state index is 0. The smallest absolute Gasteiger partial charge is 0.395 e. The Morgan fingerprint density at radius 3 is 1.36 bits per heavy atom. The number of nitrogens with zero attached hydrogens (tertiary/aromatic N) is 8. The van der Waals surface area contributed by atoms with Crippen molar-refractivity contribution in [1.82, 2.24) is 29.9 Å². The van der Waals surface area contributed by atoms with Crippen LogP contribution in [0.1, 0.15) is 16.7 Å². The van der Waals surface area contributed by atoms with E-state index >= 15 is 0 Å². The number of hydrogen-bond donors (Lipinski definition) is 8. The molecule has 4 aromatic carbocycles. The van der Waals surface area contributed by atoms with Crippen LogP contribution in [0.2, 0.25) is 0 Å². The summed E-state index contributed by atoms with van der Waals surface area (Å²) in [5.41, 5.74) is 5.94. The number of hydrogen-bond acceptors (Lipinski definition) is 16. The second-order valence-corrected chi connectivity index (χ2v) is 12.6. The molecular weight excluding hydrogens is 748 g/mol. The minimum atomic E-state index is -0.131. The standard InChI is InChI=1S/C41H45N12O4.Na/c1-29-28-35(45-39-47-37(43-33-10-6-3-7-11-33)49-41(51-39)53(22-26-56)23-27-57)19-16-31(29)15-12-30-13-17-34(18-14-30)44-38-46-36(42-32-8-4-2-5-9-32)48-40(50-38)52(20-24-54)21-25-55;/h2-13,15-19,28,54-57H,20-27H2,1H3,(H2,42,44,46,48,50)(H2,43,45,47,49,51);/q-1;+1/b15-12+;. The zero-order valence-corrected chi connectivity index (χ0v) is 34.4. The van der Waals surface area contributed by atoms with Gasteiger partial charge >= 0.3 is 29.6 Å². The molecule has 2 aromatic heterocycles. The molecule has 8 N–H and O–H groups in total. The molecule has 0 bridgehead atoms. The average Bonchev–Trinajstić information content (AvgIpc) is 3.21. The summed E-state index contributed by atoms with van der Waals surface area (Å²) >= 11 is 0. The van der Waals surface area contributed by atoms with Crippen LogP contribution in [0.15, 0.2) is 97.1 Å². The molecule has 2 heterocycles. The molecule has 0 spiro atoms. The van der Waals surface area contributed by atoms with Crippen molar-refractivity contribution in [3.8, 4) is 0 Å². The molecule has 0 amide bonds. The van der Waals surface area contributed by atoms with Crippen molar-refractivity contribution in [3.05, 3.63) is 120 Å². The third-order valence-corrected chi connectivity index (χ3v) is 8.41. The van der Waals surface area contributed by atoms with Crippen molar-refractivity contribution in [2.75, 3.05) is 83.7 Å². The number of aromatic nitrogens is 6. The van der Waals surface area contributed by atoms with Crippen molar-refractivity contribution in [1.29, 1.82) is 0 Å². The Morgan fingerprint density at radius 1 is 0.517 bits per heavy atom. The Bertz CT molecular complexity index is 2190. The first-order valence-corrected chi connectivity index (χ1v) is 18.4. The maximum atomic E-state index is 9.61. The van der Waals surface area contributed by atoms with E-state index in [1.807, 2.05) is 110 Å². The predicted octanol–water partition coefficient (Wildman–Crippen LogP) is 1.90. The van der Waals surface area contributed by atoms with E-state index in [4.69, 9.17) is 0 Å². The SMILES string of the molecule is Cc1cc(Nc2nc(Nc3ccccc3)nc(N(CCO)CCO)n2)ccc1/C=C/c1[c-]cc(Nc2nc(Nc3ccccc3)nc(N(CCO)CCO)n2)cc1.[Na+]. The number of nitrogens with one attached hydrogen (secondary N) is 4. The zero-order valence-electron chi connectivity index (χ0n) is 32.4. The molecule has 0 aliphatic heterocycles. The van der Waals surface area contributed by atoms with Gasteiger partial charge in [-0.25, -0.2) is 0 Å². The van der Waals surface area contributed by atoms with Crippen molar-refractivity contribution in [2.45, 2.75) is 6.92 Å². The average molecular weight is 793 g/mol. The number of para-hydroxylation sites is 2. The Hall–Kier alpha value is -5.72. The van der Waals surface area contributed by atoms with E-state index in [1.165, 1.54) is 0 Å². The maximum Gasteiger partial charge on any atom is 1.00 e. The van der Waals surface area contributed by atoms with Crippen molar-refractivity contribution in [3.63, 3.8) is 0 Å². The predicted molar refractivity (Wildman–Crippen MR) is 224 cm³/mol. The molecule has 0 aliphatic rings. The molecular formula is C41H45N12NaO4. The van der Waals surface area contributed by atoms with Gasteiger partial charge in [0.15, 0.2) is 0 Å². The summed E-state index contributed by atoms with van der Waals surface area (Å²) in [6.07, 6.45) is 3.99. The van der Waals surface area contributed by atoms with E-state index in [1.54, 1.807) is 15.9 Å². The second-order valence-electron chi connectivity index (χ2n) is 12.6. The van der Waals surface area contributed by atoms with Crippen LogP contribution in [0, 0.1) is 13.0 Å². The van der Waals surface area contributed by atoms with Gasteiger partial charge in [0.1, 0.15) is 0 Å². The molecule has 16 nitrogen and oxygen atoms in total. The number of aryl methyl sites for hydroxylation is 1. The van der Waals surface area contributed by atoms with E-state index in [9.17, 15) is 20.4 Å². The fourth-order valence-electron chi connectivity index (χ4n) is 5.64. The summed E-state index contributed by atoms with van der Waals surface area (Å²) in [6, 6.07) is 33.9. The van der Waals surface area contributed by atoms with Crippen LogP contribution >= 0.6 is 0 Å². The van der Waals surface area contributed by atoms with Crippen molar-refractivity contribution >= 4 is 70.6 Å². The Morgan fingerprint density at radius 2 is 0.948 bits per heavy atom.